The summed E-state index contributed by atoms with van der Waals surface area (Å²) in [5.74, 6) is -1.00. The number of aromatic hydroxyl groups is 1. The molecule has 1 fully saturated rings. The van der Waals surface area contributed by atoms with Crippen molar-refractivity contribution in [2.24, 2.45) is 7.05 Å². The number of aryl methyl sites for hydroxylation is 2. The summed E-state index contributed by atoms with van der Waals surface area (Å²) in [5.41, 5.74) is 4.32. The highest BCUT2D eigenvalue weighted by molar-refractivity contribution is 5.89. The molecule has 0 saturated carbocycles. The van der Waals surface area contributed by atoms with Crippen molar-refractivity contribution in [2.75, 3.05) is 13.1 Å². The van der Waals surface area contributed by atoms with Crippen LogP contribution >= 0.6 is 0 Å². The highest BCUT2D eigenvalue weighted by Gasteiger charge is 2.26. The molecular formula is C23H25N3O6. The fraction of sp³-hybridized carbons (Fsp3) is 0.391. The van der Waals surface area contributed by atoms with Gasteiger partial charge < -0.3 is 29.6 Å². The van der Waals surface area contributed by atoms with Crippen molar-refractivity contribution in [2.45, 2.75) is 38.3 Å². The number of aromatic nitrogens is 2. The molecule has 1 aromatic carbocycles. The fourth-order valence-corrected chi connectivity index (χ4v) is 4.98. The van der Waals surface area contributed by atoms with Gasteiger partial charge in [-0.2, -0.15) is 0 Å². The van der Waals surface area contributed by atoms with Crippen LogP contribution in [0, 0.1) is 0 Å². The second kappa shape index (κ2) is 7.68. The third-order valence-electron chi connectivity index (χ3n) is 6.58. The summed E-state index contributed by atoms with van der Waals surface area (Å²) in [6.07, 6.45) is 0.859. The monoisotopic (exact) mass is 439 g/mol. The van der Waals surface area contributed by atoms with Crippen LogP contribution in [-0.2, 0) is 26.4 Å². The number of nitrogens with one attached hydrogen (secondary N) is 1. The number of carbonyl (C=O) groups is 1. The second-order valence-electron chi connectivity index (χ2n) is 8.65. The largest absolute Gasteiger partial charge is 0.511 e. The number of β-amino-alcohol motifs (C(OH)–C–C–N with tert-alkyl or cyclic N) is 1. The van der Waals surface area contributed by atoms with Crippen LogP contribution < -0.4 is 10.3 Å². The number of pyridine rings is 1. The molecule has 1 aliphatic carbocycles. The van der Waals surface area contributed by atoms with Crippen molar-refractivity contribution in [3.63, 3.8) is 0 Å². The van der Waals surface area contributed by atoms with E-state index in [1.165, 1.54) is 0 Å². The number of hydrogen-bond donors (Lipinski definition) is 4. The molecule has 5 rings (SSSR count). The molecule has 0 spiro atoms. The van der Waals surface area contributed by atoms with Crippen molar-refractivity contribution in [3.05, 3.63) is 45.4 Å². The van der Waals surface area contributed by atoms with Crippen molar-refractivity contribution in [1.29, 1.82) is 0 Å². The van der Waals surface area contributed by atoms with E-state index in [9.17, 15) is 19.8 Å². The Bertz CT molecular complexity index is 1290. The van der Waals surface area contributed by atoms with Crippen molar-refractivity contribution < 1.29 is 24.9 Å². The predicted octanol–water partition coefficient (Wildman–Crippen LogP) is 2.35. The van der Waals surface area contributed by atoms with E-state index in [1.807, 2.05) is 13.1 Å². The van der Waals surface area contributed by atoms with E-state index in [1.54, 1.807) is 0 Å². The zero-order valence-corrected chi connectivity index (χ0v) is 17.7. The van der Waals surface area contributed by atoms with Gasteiger partial charge in [-0.25, -0.2) is 4.79 Å². The van der Waals surface area contributed by atoms with E-state index in [0.29, 0.717) is 24.2 Å². The zero-order chi connectivity index (χ0) is 22.6. The number of fused-ring (bicyclic) bond motifs is 4. The summed E-state index contributed by atoms with van der Waals surface area (Å²) in [6, 6.07) is 6.26. The minimum atomic E-state index is -1.65. The highest BCUT2D eigenvalue weighted by Crippen LogP contribution is 2.40. The standard InChI is InChI=1S/C23H25N3O6/c1-25-14(10-26-6-5-15(27)11-26)7-13-8-17-12(9-18(13)25)3-2-4-16-19(17)24-22(29)21(20(16)28)32-23(30)31/h7-9,15,27H,2-6,10-11H2,1H3,(H,30,31)(H2,24,28,29). The first kappa shape index (κ1) is 20.6. The van der Waals surface area contributed by atoms with Gasteiger partial charge in [0.05, 0.1) is 11.8 Å². The van der Waals surface area contributed by atoms with Crippen LogP contribution in [0.3, 0.4) is 0 Å². The molecule has 2 aliphatic rings. The van der Waals surface area contributed by atoms with Crippen molar-refractivity contribution in [1.82, 2.24) is 14.5 Å². The molecule has 32 heavy (non-hydrogen) atoms. The van der Waals surface area contributed by atoms with Crippen LogP contribution in [0.5, 0.6) is 11.5 Å². The number of aliphatic hydroxyl groups is 1. The number of carboxylic acid groups (broad SMARTS) is 1. The van der Waals surface area contributed by atoms with Crippen LogP contribution in [0.2, 0.25) is 0 Å². The average Bonchev–Trinajstić information content (AvgIpc) is 3.22. The third kappa shape index (κ3) is 3.43. The molecule has 9 heteroatoms. The molecule has 1 saturated heterocycles. The lowest BCUT2D eigenvalue weighted by molar-refractivity contribution is 0.142. The number of H-pyrrole nitrogens is 1. The van der Waals surface area contributed by atoms with Gasteiger partial charge in [0.2, 0.25) is 5.75 Å². The van der Waals surface area contributed by atoms with Crippen molar-refractivity contribution >= 4 is 17.1 Å². The molecule has 9 nitrogen and oxygen atoms in total. The molecule has 3 heterocycles. The lowest BCUT2D eigenvalue weighted by atomic mass is 9.99. The molecule has 3 aromatic rings. The third-order valence-corrected chi connectivity index (χ3v) is 6.58. The molecule has 0 bridgehead atoms. The lowest BCUT2D eigenvalue weighted by Crippen LogP contribution is -2.22. The van der Waals surface area contributed by atoms with Crippen LogP contribution in [0.25, 0.3) is 22.2 Å². The van der Waals surface area contributed by atoms with E-state index < -0.39 is 23.2 Å². The molecule has 168 valence electrons. The Hall–Kier alpha value is -3.30. The lowest BCUT2D eigenvalue weighted by Gasteiger charge is -2.15. The van der Waals surface area contributed by atoms with Gasteiger partial charge in [0.15, 0.2) is 5.75 Å². The van der Waals surface area contributed by atoms with Crippen molar-refractivity contribution in [3.8, 4) is 22.8 Å². The summed E-state index contributed by atoms with van der Waals surface area (Å²) >= 11 is 0. The molecule has 1 unspecified atom stereocenters. The van der Waals surface area contributed by atoms with E-state index in [4.69, 9.17) is 5.11 Å². The molecule has 4 N–H and O–H groups in total. The van der Waals surface area contributed by atoms with Crippen LogP contribution in [0.15, 0.2) is 23.0 Å². The number of ether oxygens (including phenoxy) is 1. The molecule has 0 amide bonds. The Balaban J connectivity index is 1.61. The Kier molecular flexibility index (Phi) is 4.94. The number of likely N-dealkylation sites (tertiary alicyclic amines) is 1. The molecular weight excluding hydrogens is 414 g/mol. The summed E-state index contributed by atoms with van der Waals surface area (Å²) in [6.45, 7) is 2.29. The summed E-state index contributed by atoms with van der Waals surface area (Å²) < 4.78 is 6.69. The first-order valence-electron chi connectivity index (χ1n) is 10.7. The number of benzene rings is 1. The van der Waals surface area contributed by atoms with Gasteiger partial charge >= 0.3 is 6.16 Å². The topological polar surface area (TPSA) is 128 Å². The Morgan fingerprint density at radius 2 is 2.09 bits per heavy atom. The first-order valence-corrected chi connectivity index (χ1v) is 10.7. The molecule has 1 aliphatic heterocycles. The van der Waals surface area contributed by atoms with E-state index in [2.05, 4.69) is 31.3 Å². The van der Waals surface area contributed by atoms with Gasteiger partial charge in [0.1, 0.15) is 0 Å². The van der Waals surface area contributed by atoms with Gasteiger partial charge in [-0.1, -0.05) is 0 Å². The zero-order valence-electron chi connectivity index (χ0n) is 17.7. The minimum Gasteiger partial charge on any atom is -0.504 e. The molecule has 2 aromatic heterocycles. The van der Waals surface area contributed by atoms with Gasteiger partial charge in [-0.15, -0.1) is 0 Å². The number of nitrogens with zero attached hydrogens (tertiary/aromatic N) is 2. The van der Waals surface area contributed by atoms with E-state index in [0.717, 1.165) is 60.1 Å². The van der Waals surface area contributed by atoms with Crippen LogP contribution in [-0.4, -0.2) is 55.1 Å². The maximum Gasteiger partial charge on any atom is 0.511 e. The smallest absolute Gasteiger partial charge is 0.504 e. The number of aliphatic hydroxyl groups excluding tert-OH is 1. The van der Waals surface area contributed by atoms with Gasteiger partial charge in [-0.3, -0.25) is 9.69 Å². The molecule has 0 radical (unpaired) electrons. The highest BCUT2D eigenvalue weighted by atomic mass is 16.7. The SMILES string of the molecule is Cn1c(CN2CCC(O)C2)cc2cc3c(cc21)CCCc1c-3[nH]c(=O)c(OC(=O)O)c1O. The minimum absolute atomic E-state index is 0.267. The van der Waals surface area contributed by atoms with E-state index >= 15 is 0 Å². The van der Waals surface area contributed by atoms with Gasteiger partial charge in [0, 0.05) is 54.4 Å². The Labute approximate surface area is 183 Å². The maximum atomic E-state index is 12.5. The first-order chi connectivity index (χ1) is 15.3. The molecule has 1 atom stereocenters. The summed E-state index contributed by atoms with van der Waals surface area (Å²) in [4.78, 5) is 28.4. The normalized spacial score (nSPS) is 18.4. The van der Waals surface area contributed by atoms with Gasteiger partial charge in [-0.05, 0) is 49.4 Å². The van der Waals surface area contributed by atoms with Crippen LogP contribution in [0.1, 0.15) is 29.7 Å². The number of rotatable bonds is 3. The Morgan fingerprint density at radius 1 is 1.28 bits per heavy atom. The number of aromatic amines is 1. The summed E-state index contributed by atoms with van der Waals surface area (Å²) in [7, 11) is 2.03. The number of hydrogen-bond acceptors (Lipinski definition) is 6. The predicted molar refractivity (Wildman–Crippen MR) is 117 cm³/mol. The average molecular weight is 439 g/mol. The van der Waals surface area contributed by atoms with Crippen LogP contribution in [0.4, 0.5) is 4.79 Å². The Morgan fingerprint density at radius 3 is 2.81 bits per heavy atom. The maximum absolute atomic E-state index is 12.5. The van der Waals surface area contributed by atoms with E-state index in [-0.39, 0.29) is 6.10 Å². The summed E-state index contributed by atoms with van der Waals surface area (Å²) in [5, 5.41) is 30.3. The van der Waals surface area contributed by atoms with Gasteiger partial charge in [0.25, 0.3) is 5.56 Å². The fourth-order valence-electron chi connectivity index (χ4n) is 4.98. The second-order valence-corrected chi connectivity index (χ2v) is 8.65. The quantitative estimate of drug-likeness (QED) is 0.461.